The SMILES string of the molecule is CCn1c(-c2nc3cc(C(=O)N4CCC[C@@H](NC(=O)OC(C)(C)C)C4)ccc3n2C)cc2ccc(C)cc21. The van der Waals surface area contributed by atoms with Crippen LogP contribution in [0.1, 0.15) is 56.5 Å². The van der Waals surface area contributed by atoms with E-state index in [0.29, 0.717) is 18.7 Å². The highest BCUT2D eigenvalue weighted by molar-refractivity contribution is 5.98. The summed E-state index contributed by atoms with van der Waals surface area (Å²) in [6.45, 7) is 11.7. The van der Waals surface area contributed by atoms with Gasteiger partial charge in [-0.15, -0.1) is 0 Å². The molecule has 8 nitrogen and oxygen atoms in total. The van der Waals surface area contributed by atoms with Gasteiger partial charge in [-0.25, -0.2) is 9.78 Å². The van der Waals surface area contributed by atoms with E-state index in [1.165, 1.54) is 16.5 Å². The molecule has 1 saturated heterocycles. The fraction of sp³-hybridized carbons (Fsp3) is 0.433. The van der Waals surface area contributed by atoms with Crippen molar-refractivity contribution >= 4 is 33.9 Å². The minimum absolute atomic E-state index is 0.0482. The second-order valence-corrected chi connectivity index (χ2v) is 11.3. The largest absolute Gasteiger partial charge is 0.444 e. The number of imidazole rings is 1. The van der Waals surface area contributed by atoms with Crippen LogP contribution in [0.25, 0.3) is 33.5 Å². The quantitative estimate of drug-likeness (QED) is 0.381. The normalized spacial score (nSPS) is 16.3. The maximum atomic E-state index is 13.5. The van der Waals surface area contributed by atoms with Gasteiger partial charge >= 0.3 is 6.09 Å². The summed E-state index contributed by atoms with van der Waals surface area (Å²) in [5.41, 5.74) is 5.30. The van der Waals surface area contributed by atoms with Crippen LogP contribution < -0.4 is 5.32 Å². The lowest BCUT2D eigenvalue weighted by Gasteiger charge is -2.33. The van der Waals surface area contributed by atoms with E-state index in [4.69, 9.17) is 9.72 Å². The maximum Gasteiger partial charge on any atom is 0.407 e. The van der Waals surface area contributed by atoms with Crippen molar-refractivity contribution in [3.8, 4) is 11.5 Å². The van der Waals surface area contributed by atoms with E-state index in [0.717, 1.165) is 41.9 Å². The predicted octanol–water partition coefficient (Wildman–Crippen LogP) is 5.65. The Morgan fingerprint density at radius 1 is 1.11 bits per heavy atom. The fourth-order valence-electron chi connectivity index (χ4n) is 5.39. The van der Waals surface area contributed by atoms with Gasteiger partial charge in [0.1, 0.15) is 5.60 Å². The van der Waals surface area contributed by atoms with Gasteiger partial charge in [0.05, 0.1) is 16.7 Å². The number of hydrogen-bond acceptors (Lipinski definition) is 4. The summed E-state index contributed by atoms with van der Waals surface area (Å²) in [5.74, 6) is 0.827. The summed E-state index contributed by atoms with van der Waals surface area (Å²) in [5, 5.41) is 4.11. The second kappa shape index (κ2) is 9.82. The van der Waals surface area contributed by atoms with Crippen molar-refractivity contribution < 1.29 is 14.3 Å². The van der Waals surface area contributed by atoms with Gasteiger partial charge in [-0.1, -0.05) is 12.1 Å². The molecule has 0 spiro atoms. The first-order chi connectivity index (χ1) is 18.0. The molecule has 38 heavy (non-hydrogen) atoms. The Balaban J connectivity index is 1.40. The Bertz CT molecular complexity index is 1520. The van der Waals surface area contributed by atoms with E-state index in [1.54, 1.807) is 0 Å². The number of fused-ring (bicyclic) bond motifs is 2. The number of hydrogen-bond donors (Lipinski definition) is 1. The van der Waals surface area contributed by atoms with Crippen LogP contribution in [0, 0.1) is 6.92 Å². The van der Waals surface area contributed by atoms with Gasteiger partial charge < -0.3 is 24.1 Å². The van der Waals surface area contributed by atoms with Crippen LogP contribution >= 0.6 is 0 Å². The van der Waals surface area contributed by atoms with Crippen molar-refractivity contribution in [1.82, 2.24) is 24.3 Å². The summed E-state index contributed by atoms with van der Waals surface area (Å²) < 4.78 is 9.78. The highest BCUT2D eigenvalue weighted by Crippen LogP contribution is 2.31. The Kier molecular flexibility index (Phi) is 6.67. The van der Waals surface area contributed by atoms with Crippen LogP contribution in [-0.2, 0) is 18.3 Å². The van der Waals surface area contributed by atoms with Gasteiger partial charge in [-0.2, -0.15) is 0 Å². The van der Waals surface area contributed by atoms with Crippen molar-refractivity contribution in [2.24, 2.45) is 7.05 Å². The molecule has 4 aromatic rings. The van der Waals surface area contributed by atoms with E-state index in [-0.39, 0.29) is 11.9 Å². The molecule has 1 aliphatic heterocycles. The number of carbonyl (C=O) groups is 2. The molecule has 1 N–H and O–H groups in total. The molecule has 3 heterocycles. The summed E-state index contributed by atoms with van der Waals surface area (Å²) >= 11 is 0. The maximum absolute atomic E-state index is 13.5. The number of carbonyl (C=O) groups excluding carboxylic acids is 2. The zero-order valence-electron chi connectivity index (χ0n) is 23.2. The lowest BCUT2D eigenvalue weighted by Crippen LogP contribution is -2.50. The average Bonchev–Trinajstić information content (AvgIpc) is 3.38. The van der Waals surface area contributed by atoms with Crippen molar-refractivity contribution in [2.45, 2.75) is 65.6 Å². The molecule has 2 aromatic carbocycles. The number of rotatable bonds is 4. The van der Waals surface area contributed by atoms with Crippen molar-refractivity contribution in [3.63, 3.8) is 0 Å². The molecule has 0 unspecified atom stereocenters. The molecule has 8 heteroatoms. The molecule has 0 saturated carbocycles. The Hall–Kier alpha value is -3.81. The summed E-state index contributed by atoms with van der Waals surface area (Å²) in [7, 11) is 2.02. The van der Waals surface area contributed by atoms with Crippen molar-refractivity contribution in [1.29, 1.82) is 0 Å². The molecule has 0 aliphatic carbocycles. The average molecular weight is 516 g/mol. The van der Waals surface area contributed by atoms with Crippen LogP contribution in [0.5, 0.6) is 0 Å². The third kappa shape index (κ3) is 4.99. The van der Waals surface area contributed by atoms with Crippen LogP contribution in [0.4, 0.5) is 4.79 Å². The number of alkyl carbamates (subject to hydrolysis) is 1. The third-order valence-corrected chi connectivity index (χ3v) is 7.16. The Labute approximate surface area is 223 Å². The summed E-state index contributed by atoms with van der Waals surface area (Å²) in [6.07, 6.45) is 1.19. The summed E-state index contributed by atoms with van der Waals surface area (Å²) in [4.78, 5) is 32.5. The van der Waals surface area contributed by atoms with Gasteiger partial charge in [-0.05, 0) is 83.4 Å². The predicted molar refractivity (Wildman–Crippen MR) is 150 cm³/mol. The van der Waals surface area contributed by atoms with Crippen molar-refractivity contribution in [2.75, 3.05) is 13.1 Å². The first kappa shape index (κ1) is 25.8. The zero-order valence-corrected chi connectivity index (χ0v) is 23.2. The second-order valence-electron chi connectivity index (χ2n) is 11.3. The molecule has 0 bridgehead atoms. The summed E-state index contributed by atoms with van der Waals surface area (Å²) in [6, 6.07) is 14.3. The topological polar surface area (TPSA) is 81.4 Å². The number of likely N-dealkylation sites (tertiary alicyclic amines) is 1. The molecule has 5 rings (SSSR count). The minimum Gasteiger partial charge on any atom is -0.444 e. The van der Waals surface area contributed by atoms with E-state index < -0.39 is 11.7 Å². The molecule has 2 amide bonds. The molecule has 200 valence electrons. The van der Waals surface area contributed by atoms with Crippen LogP contribution in [-0.4, -0.2) is 55.8 Å². The molecule has 1 atom stereocenters. The lowest BCUT2D eigenvalue weighted by atomic mass is 10.0. The Morgan fingerprint density at radius 2 is 1.89 bits per heavy atom. The number of piperidine rings is 1. The van der Waals surface area contributed by atoms with Crippen molar-refractivity contribution in [3.05, 3.63) is 53.6 Å². The standard InChI is InChI=1S/C30H37N5O3/c1-7-35-25-15-19(2)10-11-20(25)17-26(35)27-32-23-16-21(12-13-24(23)33(27)6)28(36)34-14-8-9-22(18-34)31-29(37)38-30(3,4)5/h10-13,15-17,22H,7-9,14,18H2,1-6H3,(H,31,37)/t22-/m1/s1. The number of nitrogens with zero attached hydrogens (tertiary/aromatic N) is 4. The molecule has 2 aromatic heterocycles. The smallest absolute Gasteiger partial charge is 0.407 e. The highest BCUT2D eigenvalue weighted by Gasteiger charge is 2.28. The first-order valence-corrected chi connectivity index (χ1v) is 13.4. The zero-order chi connectivity index (χ0) is 27.2. The molecule has 1 aliphatic rings. The number of benzene rings is 2. The monoisotopic (exact) mass is 515 g/mol. The van der Waals surface area contributed by atoms with E-state index >= 15 is 0 Å². The van der Waals surface area contributed by atoms with Gasteiger partial charge in [0.15, 0.2) is 5.82 Å². The number of aromatic nitrogens is 3. The van der Waals surface area contributed by atoms with E-state index in [2.05, 4.69) is 52.6 Å². The van der Waals surface area contributed by atoms with Crippen LogP contribution in [0.3, 0.4) is 0 Å². The molecular formula is C30H37N5O3. The highest BCUT2D eigenvalue weighted by atomic mass is 16.6. The minimum atomic E-state index is -0.560. The van der Waals surface area contributed by atoms with E-state index in [1.807, 2.05) is 50.9 Å². The number of nitrogens with one attached hydrogen (secondary N) is 1. The van der Waals surface area contributed by atoms with Gasteiger partial charge in [0, 0.05) is 49.2 Å². The molecule has 1 fully saturated rings. The number of amides is 2. The number of aryl methyl sites for hydroxylation is 3. The first-order valence-electron chi connectivity index (χ1n) is 13.4. The third-order valence-electron chi connectivity index (χ3n) is 7.16. The molecule has 0 radical (unpaired) electrons. The van der Waals surface area contributed by atoms with Crippen LogP contribution in [0.2, 0.25) is 0 Å². The van der Waals surface area contributed by atoms with Gasteiger partial charge in [0.2, 0.25) is 0 Å². The lowest BCUT2D eigenvalue weighted by molar-refractivity contribution is 0.0452. The fourth-order valence-corrected chi connectivity index (χ4v) is 5.39. The Morgan fingerprint density at radius 3 is 2.63 bits per heavy atom. The number of ether oxygens (including phenoxy) is 1. The van der Waals surface area contributed by atoms with E-state index in [9.17, 15) is 9.59 Å². The van der Waals surface area contributed by atoms with Crippen LogP contribution in [0.15, 0.2) is 42.5 Å². The molecular weight excluding hydrogens is 478 g/mol. The van der Waals surface area contributed by atoms with Gasteiger partial charge in [0.25, 0.3) is 5.91 Å². The van der Waals surface area contributed by atoms with Gasteiger partial charge in [-0.3, -0.25) is 4.79 Å².